The second kappa shape index (κ2) is 8.53. The lowest BCUT2D eigenvalue weighted by molar-refractivity contribution is -0.137. The Hall–Kier alpha value is -2.77. The number of aromatic nitrogens is 1. The highest BCUT2D eigenvalue weighted by molar-refractivity contribution is 5.94. The molecule has 8 heteroatoms. The van der Waals surface area contributed by atoms with E-state index in [1.54, 1.807) is 17.2 Å². The van der Waals surface area contributed by atoms with Crippen molar-refractivity contribution in [3.8, 4) is 0 Å². The molecule has 5 nitrogen and oxygen atoms in total. The number of nitrogens with zero attached hydrogens (tertiary/aromatic N) is 3. The Kier molecular flexibility index (Phi) is 5.83. The van der Waals surface area contributed by atoms with Crippen LogP contribution in [-0.4, -0.2) is 35.0 Å². The van der Waals surface area contributed by atoms with Crippen molar-refractivity contribution >= 4 is 17.4 Å². The van der Waals surface area contributed by atoms with E-state index in [1.165, 1.54) is 6.07 Å². The van der Waals surface area contributed by atoms with Crippen LogP contribution >= 0.6 is 0 Å². The second-order valence-corrected chi connectivity index (χ2v) is 7.89. The summed E-state index contributed by atoms with van der Waals surface area (Å²) < 4.78 is 40.0. The first-order valence-corrected chi connectivity index (χ1v) is 10.4. The molecule has 0 spiro atoms. The van der Waals surface area contributed by atoms with Crippen LogP contribution in [0.3, 0.4) is 0 Å². The first-order chi connectivity index (χ1) is 14.4. The summed E-state index contributed by atoms with van der Waals surface area (Å²) in [6.07, 6.45) is 2.07. The summed E-state index contributed by atoms with van der Waals surface area (Å²) in [5.74, 6) is 0. The molecule has 1 saturated carbocycles. The average Bonchev–Trinajstić information content (AvgIpc) is 3.58. The van der Waals surface area contributed by atoms with Gasteiger partial charge in [-0.3, -0.25) is 4.98 Å². The largest absolute Gasteiger partial charge is 0.416 e. The molecule has 2 aromatic rings. The number of anilines is 2. The van der Waals surface area contributed by atoms with Crippen LogP contribution in [0.1, 0.15) is 43.4 Å². The van der Waals surface area contributed by atoms with Gasteiger partial charge >= 0.3 is 12.2 Å². The molecule has 1 aromatic carbocycles. The van der Waals surface area contributed by atoms with Crippen LogP contribution in [0, 0.1) is 0 Å². The predicted octanol–water partition coefficient (Wildman–Crippen LogP) is 5.29. The van der Waals surface area contributed by atoms with E-state index < -0.39 is 11.7 Å². The van der Waals surface area contributed by atoms with Crippen molar-refractivity contribution in [2.45, 2.75) is 50.9 Å². The van der Waals surface area contributed by atoms with Crippen molar-refractivity contribution < 1.29 is 18.0 Å². The van der Waals surface area contributed by atoms with Crippen molar-refractivity contribution in [2.24, 2.45) is 0 Å². The lowest BCUT2D eigenvalue weighted by atomic mass is 10.1. The Morgan fingerprint density at radius 3 is 2.53 bits per heavy atom. The van der Waals surface area contributed by atoms with Crippen LogP contribution in [0.2, 0.25) is 0 Å². The van der Waals surface area contributed by atoms with Gasteiger partial charge in [0, 0.05) is 25.3 Å². The minimum atomic E-state index is -4.47. The third-order valence-corrected chi connectivity index (χ3v) is 5.57. The molecule has 2 amide bonds. The van der Waals surface area contributed by atoms with Gasteiger partial charge in [-0.1, -0.05) is 6.07 Å². The van der Waals surface area contributed by atoms with Gasteiger partial charge in [0.25, 0.3) is 0 Å². The topological polar surface area (TPSA) is 48.5 Å². The number of urea groups is 1. The number of rotatable bonds is 5. The number of hydrogen-bond donors (Lipinski definition) is 1. The maximum atomic E-state index is 13.3. The summed E-state index contributed by atoms with van der Waals surface area (Å²) in [6.45, 7) is 1.87. The Bertz CT molecular complexity index is 878. The zero-order valence-electron chi connectivity index (χ0n) is 16.7. The first-order valence-electron chi connectivity index (χ1n) is 10.4. The highest BCUT2D eigenvalue weighted by atomic mass is 19.4. The van der Waals surface area contributed by atoms with Crippen molar-refractivity contribution in [1.82, 2.24) is 9.88 Å². The van der Waals surface area contributed by atoms with Crippen LogP contribution < -0.4 is 10.2 Å². The van der Waals surface area contributed by atoms with Gasteiger partial charge in [0.1, 0.15) is 0 Å². The number of carbonyl (C=O) groups is 1. The molecule has 1 aliphatic heterocycles. The normalized spacial score (nSPS) is 17.0. The Morgan fingerprint density at radius 2 is 1.90 bits per heavy atom. The van der Waals surface area contributed by atoms with Gasteiger partial charge < -0.3 is 15.1 Å². The van der Waals surface area contributed by atoms with Crippen LogP contribution in [-0.2, 0) is 12.7 Å². The zero-order valence-corrected chi connectivity index (χ0v) is 16.7. The number of nitrogens with one attached hydrogen (secondary N) is 1. The molecule has 2 aliphatic rings. The van der Waals surface area contributed by atoms with Gasteiger partial charge in [-0.05, 0) is 62.4 Å². The first kappa shape index (κ1) is 20.5. The average molecular weight is 418 g/mol. The fraction of sp³-hybridized carbons (Fsp3) is 0.455. The number of hydrogen-bond acceptors (Lipinski definition) is 3. The second-order valence-electron chi connectivity index (χ2n) is 7.89. The van der Waals surface area contributed by atoms with E-state index in [-0.39, 0.29) is 17.8 Å². The standard InChI is InChI=1S/C22H25F3N4O/c23-22(24,25)16-7-10-20(28-12-4-1-5-13-28)19(14-16)27-21(30)29(18-8-9-18)15-17-6-2-3-11-26-17/h2-3,6-7,10-11,14,18H,1,4-5,8-9,12-13,15H2,(H,27,30). The molecule has 1 N–H and O–H groups in total. The van der Waals surface area contributed by atoms with Crippen molar-refractivity contribution in [3.05, 3.63) is 53.9 Å². The molecule has 0 bridgehead atoms. The number of alkyl halides is 3. The zero-order chi connectivity index (χ0) is 21.1. The third kappa shape index (κ3) is 4.86. The summed E-state index contributed by atoms with van der Waals surface area (Å²) in [7, 11) is 0. The lowest BCUT2D eigenvalue weighted by Crippen LogP contribution is -2.37. The van der Waals surface area contributed by atoms with Crippen LogP contribution in [0.25, 0.3) is 0 Å². The highest BCUT2D eigenvalue weighted by Gasteiger charge is 2.35. The van der Waals surface area contributed by atoms with Crippen molar-refractivity contribution in [2.75, 3.05) is 23.3 Å². The molecule has 0 radical (unpaired) electrons. The molecule has 4 rings (SSSR count). The monoisotopic (exact) mass is 418 g/mol. The molecule has 1 saturated heterocycles. The summed E-state index contributed by atoms with van der Waals surface area (Å²) in [4.78, 5) is 21.1. The van der Waals surface area contributed by atoms with Crippen LogP contribution in [0.5, 0.6) is 0 Å². The van der Waals surface area contributed by atoms with E-state index in [2.05, 4.69) is 15.2 Å². The van der Waals surface area contributed by atoms with E-state index in [0.29, 0.717) is 12.2 Å². The fourth-order valence-electron chi connectivity index (χ4n) is 3.83. The number of carbonyl (C=O) groups excluding carboxylic acids is 1. The highest BCUT2D eigenvalue weighted by Crippen LogP contribution is 2.37. The molecule has 2 fully saturated rings. The predicted molar refractivity (Wildman–Crippen MR) is 109 cm³/mol. The molecule has 30 heavy (non-hydrogen) atoms. The molecule has 2 heterocycles. The van der Waals surface area contributed by atoms with Gasteiger partial charge in [-0.2, -0.15) is 13.2 Å². The lowest BCUT2D eigenvalue weighted by Gasteiger charge is -2.31. The maximum Gasteiger partial charge on any atom is 0.416 e. The Balaban J connectivity index is 1.59. The van der Waals surface area contributed by atoms with Gasteiger partial charge in [0.2, 0.25) is 0 Å². The molecule has 1 aromatic heterocycles. The number of piperidine rings is 1. The van der Waals surface area contributed by atoms with E-state index in [4.69, 9.17) is 0 Å². The number of benzene rings is 1. The SMILES string of the molecule is O=C(Nc1cc(C(F)(F)F)ccc1N1CCCCC1)N(Cc1ccccn1)C1CC1. The smallest absolute Gasteiger partial charge is 0.370 e. The molecule has 0 unspecified atom stereocenters. The van der Waals surface area contributed by atoms with E-state index in [9.17, 15) is 18.0 Å². The van der Waals surface area contributed by atoms with Crippen LogP contribution in [0.4, 0.5) is 29.3 Å². The van der Waals surface area contributed by atoms with E-state index in [0.717, 1.165) is 63.0 Å². The number of amides is 2. The minimum Gasteiger partial charge on any atom is -0.370 e. The van der Waals surface area contributed by atoms with Gasteiger partial charge in [0.15, 0.2) is 0 Å². The third-order valence-electron chi connectivity index (χ3n) is 5.57. The molecular formula is C22H25F3N4O. The Morgan fingerprint density at radius 1 is 1.13 bits per heavy atom. The summed E-state index contributed by atoms with van der Waals surface area (Å²) in [6, 6.07) is 8.82. The van der Waals surface area contributed by atoms with Gasteiger partial charge in [-0.15, -0.1) is 0 Å². The maximum absolute atomic E-state index is 13.3. The van der Waals surface area contributed by atoms with E-state index >= 15 is 0 Å². The van der Waals surface area contributed by atoms with Gasteiger partial charge in [-0.25, -0.2) is 4.79 Å². The number of halogens is 3. The molecule has 1 aliphatic carbocycles. The fourth-order valence-corrected chi connectivity index (χ4v) is 3.83. The molecular weight excluding hydrogens is 393 g/mol. The quantitative estimate of drug-likeness (QED) is 0.718. The van der Waals surface area contributed by atoms with E-state index in [1.807, 2.05) is 12.1 Å². The van der Waals surface area contributed by atoms with Crippen LogP contribution in [0.15, 0.2) is 42.6 Å². The summed E-state index contributed by atoms with van der Waals surface area (Å²) in [5.41, 5.74) is 0.842. The van der Waals surface area contributed by atoms with Gasteiger partial charge in [0.05, 0.1) is 29.2 Å². The molecule has 0 atom stereocenters. The Labute approximate surface area is 173 Å². The van der Waals surface area contributed by atoms with Crippen molar-refractivity contribution in [3.63, 3.8) is 0 Å². The number of pyridine rings is 1. The minimum absolute atomic E-state index is 0.0937. The molecule has 160 valence electrons. The summed E-state index contributed by atoms with van der Waals surface area (Å²) >= 11 is 0. The van der Waals surface area contributed by atoms with Crippen molar-refractivity contribution in [1.29, 1.82) is 0 Å². The summed E-state index contributed by atoms with van der Waals surface area (Å²) in [5, 5.41) is 2.78.